The fraction of sp³-hybridized carbons (Fsp3) is 0.211. The van der Waals surface area contributed by atoms with Crippen LogP contribution in [0.2, 0.25) is 0 Å². The van der Waals surface area contributed by atoms with Crippen LogP contribution in [0.25, 0.3) is 5.69 Å². The average Bonchev–Trinajstić information content (AvgIpc) is 3.18. The zero-order chi connectivity index (χ0) is 18.7. The third kappa shape index (κ3) is 3.66. The number of aryl methyl sites for hydroxylation is 2. The summed E-state index contributed by atoms with van der Waals surface area (Å²) >= 11 is 0. The Labute approximate surface area is 150 Å². The molecule has 1 aromatic heterocycles. The number of carbonyl (C=O) groups excluding carboxylic acids is 2. The first-order valence-electron chi connectivity index (χ1n) is 8.11. The van der Waals surface area contributed by atoms with Gasteiger partial charge in [-0.2, -0.15) is 0 Å². The third-order valence-corrected chi connectivity index (χ3v) is 4.03. The molecule has 1 atom stereocenters. The predicted molar refractivity (Wildman–Crippen MR) is 94.3 cm³/mol. The monoisotopic (exact) mass is 350 g/mol. The number of nitrogens with zero attached hydrogens (tertiary/aromatic N) is 4. The van der Waals surface area contributed by atoms with Gasteiger partial charge in [0.25, 0.3) is 0 Å². The SMILES string of the molecule is Cc1ccc(C)c(C(=O)[C@@H](C)OC(=O)c2ccc(-n3cnnn3)cc2)c1. The number of rotatable bonds is 5. The number of aromatic nitrogens is 4. The average molecular weight is 350 g/mol. The third-order valence-electron chi connectivity index (χ3n) is 4.03. The largest absolute Gasteiger partial charge is 0.451 e. The Hall–Kier alpha value is -3.35. The number of benzene rings is 2. The molecule has 0 aliphatic heterocycles. The van der Waals surface area contributed by atoms with E-state index in [9.17, 15) is 9.59 Å². The van der Waals surface area contributed by atoms with Gasteiger partial charge in [-0.05, 0) is 67.1 Å². The molecule has 3 aromatic rings. The topological polar surface area (TPSA) is 87.0 Å². The number of tetrazole rings is 1. The van der Waals surface area contributed by atoms with Gasteiger partial charge < -0.3 is 4.74 Å². The highest BCUT2D eigenvalue weighted by Gasteiger charge is 2.22. The van der Waals surface area contributed by atoms with E-state index in [0.29, 0.717) is 16.8 Å². The fourth-order valence-corrected chi connectivity index (χ4v) is 2.53. The molecule has 0 bridgehead atoms. The summed E-state index contributed by atoms with van der Waals surface area (Å²) < 4.78 is 6.82. The van der Waals surface area contributed by atoms with Gasteiger partial charge in [0.2, 0.25) is 5.78 Å². The molecule has 0 spiro atoms. The molecular weight excluding hydrogens is 332 g/mol. The highest BCUT2D eigenvalue weighted by atomic mass is 16.5. The molecule has 132 valence electrons. The van der Waals surface area contributed by atoms with Crippen molar-refractivity contribution < 1.29 is 14.3 Å². The maximum Gasteiger partial charge on any atom is 0.338 e. The lowest BCUT2D eigenvalue weighted by molar-refractivity contribution is 0.0318. The number of carbonyl (C=O) groups is 2. The van der Waals surface area contributed by atoms with Crippen LogP contribution < -0.4 is 0 Å². The Kier molecular flexibility index (Phi) is 4.88. The molecule has 2 aromatic carbocycles. The summed E-state index contributed by atoms with van der Waals surface area (Å²) in [6.07, 6.45) is 0.584. The van der Waals surface area contributed by atoms with Crippen LogP contribution in [0.3, 0.4) is 0 Å². The number of Topliss-reactive ketones (excluding diaryl/α,β-unsaturated/α-hetero) is 1. The lowest BCUT2D eigenvalue weighted by Gasteiger charge is -2.14. The van der Waals surface area contributed by atoms with Gasteiger partial charge in [0.15, 0.2) is 6.10 Å². The number of ether oxygens (including phenoxy) is 1. The molecule has 1 heterocycles. The second-order valence-electron chi connectivity index (χ2n) is 6.03. The second-order valence-corrected chi connectivity index (χ2v) is 6.03. The van der Waals surface area contributed by atoms with Crippen molar-refractivity contribution in [2.24, 2.45) is 0 Å². The molecule has 0 aliphatic rings. The highest BCUT2D eigenvalue weighted by molar-refractivity contribution is 6.02. The van der Waals surface area contributed by atoms with Crippen molar-refractivity contribution in [2.75, 3.05) is 0 Å². The van der Waals surface area contributed by atoms with Crippen molar-refractivity contribution in [3.05, 3.63) is 71.0 Å². The molecule has 7 heteroatoms. The van der Waals surface area contributed by atoms with Crippen molar-refractivity contribution in [1.29, 1.82) is 0 Å². The van der Waals surface area contributed by atoms with Crippen LogP contribution in [0.1, 0.15) is 38.8 Å². The van der Waals surface area contributed by atoms with E-state index in [1.165, 1.54) is 11.0 Å². The first kappa shape index (κ1) is 17.5. The Morgan fingerprint density at radius 2 is 1.81 bits per heavy atom. The number of esters is 1. The van der Waals surface area contributed by atoms with Gasteiger partial charge in [-0.1, -0.05) is 17.7 Å². The smallest absolute Gasteiger partial charge is 0.338 e. The van der Waals surface area contributed by atoms with E-state index in [1.807, 2.05) is 32.0 Å². The number of ketones is 1. The molecule has 0 amide bonds. The molecule has 26 heavy (non-hydrogen) atoms. The normalized spacial score (nSPS) is 11.8. The van der Waals surface area contributed by atoms with E-state index >= 15 is 0 Å². The maximum atomic E-state index is 12.6. The fourth-order valence-electron chi connectivity index (χ4n) is 2.53. The van der Waals surface area contributed by atoms with E-state index < -0.39 is 12.1 Å². The molecule has 0 radical (unpaired) electrons. The summed E-state index contributed by atoms with van der Waals surface area (Å²) in [6.45, 7) is 5.36. The molecule has 7 nitrogen and oxygen atoms in total. The molecule has 0 saturated carbocycles. The molecule has 0 saturated heterocycles. The standard InChI is InChI=1S/C19H18N4O3/c1-12-4-5-13(2)17(10-12)18(24)14(3)26-19(25)15-6-8-16(9-7-15)23-11-20-21-22-23/h4-11,14H,1-3H3/t14-/m1/s1. The van der Waals surface area contributed by atoms with Crippen LogP contribution in [0, 0.1) is 13.8 Å². The van der Waals surface area contributed by atoms with E-state index in [-0.39, 0.29) is 5.78 Å². The van der Waals surface area contributed by atoms with Crippen molar-refractivity contribution >= 4 is 11.8 Å². The zero-order valence-corrected chi connectivity index (χ0v) is 14.7. The Morgan fingerprint density at radius 1 is 1.08 bits per heavy atom. The zero-order valence-electron chi connectivity index (χ0n) is 14.7. The van der Waals surface area contributed by atoms with E-state index in [0.717, 1.165) is 11.1 Å². The highest BCUT2D eigenvalue weighted by Crippen LogP contribution is 2.16. The maximum absolute atomic E-state index is 12.6. The first-order chi connectivity index (χ1) is 12.5. The lowest BCUT2D eigenvalue weighted by Crippen LogP contribution is -2.25. The van der Waals surface area contributed by atoms with Crippen LogP contribution in [0.15, 0.2) is 48.8 Å². The predicted octanol–water partition coefficient (Wildman–Crippen LogP) is 2.71. The Balaban J connectivity index is 1.71. The van der Waals surface area contributed by atoms with E-state index in [4.69, 9.17) is 4.74 Å². The molecule has 0 N–H and O–H groups in total. The van der Waals surface area contributed by atoms with Gasteiger partial charge in [0, 0.05) is 5.56 Å². The van der Waals surface area contributed by atoms with Crippen molar-refractivity contribution in [2.45, 2.75) is 26.9 Å². The van der Waals surface area contributed by atoms with Gasteiger partial charge >= 0.3 is 5.97 Å². The summed E-state index contributed by atoms with van der Waals surface area (Å²) in [5.74, 6) is -0.774. The Bertz CT molecular complexity index is 934. The molecule has 0 aliphatic carbocycles. The van der Waals surface area contributed by atoms with Crippen LogP contribution in [-0.2, 0) is 4.74 Å². The van der Waals surface area contributed by atoms with Crippen LogP contribution >= 0.6 is 0 Å². The number of hydrogen-bond acceptors (Lipinski definition) is 6. The van der Waals surface area contributed by atoms with E-state index in [2.05, 4.69) is 15.5 Å². The van der Waals surface area contributed by atoms with Gasteiger partial charge in [0.1, 0.15) is 6.33 Å². The first-order valence-corrected chi connectivity index (χ1v) is 8.11. The summed E-state index contributed by atoms with van der Waals surface area (Å²) in [5.41, 5.74) is 3.47. The quantitative estimate of drug-likeness (QED) is 0.519. The van der Waals surface area contributed by atoms with Gasteiger partial charge in [-0.3, -0.25) is 4.79 Å². The van der Waals surface area contributed by atoms with Crippen LogP contribution in [0.4, 0.5) is 0 Å². The van der Waals surface area contributed by atoms with Gasteiger partial charge in [0.05, 0.1) is 11.3 Å². The molecule has 0 unspecified atom stereocenters. The van der Waals surface area contributed by atoms with Crippen molar-refractivity contribution in [1.82, 2.24) is 20.2 Å². The van der Waals surface area contributed by atoms with Crippen LogP contribution in [0.5, 0.6) is 0 Å². The summed E-state index contributed by atoms with van der Waals surface area (Å²) in [7, 11) is 0. The van der Waals surface area contributed by atoms with Crippen LogP contribution in [-0.4, -0.2) is 38.1 Å². The van der Waals surface area contributed by atoms with Gasteiger partial charge in [-0.25, -0.2) is 9.48 Å². The number of hydrogen-bond donors (Lipinski definition) is 0. The molecule has 0 fully saturated rings. The summed E-state index contributed by atoms with van der Waals surface area (Å²) in [4.78, 5) is 24.9. The van der Waals surface area contributed by atoms with Crippen molar-refractivity contribution in [3.63, 3.8) is 0 Å². The lowest BCUT2D eigenvalue weighted by atomic mass is 9.99. The van der Waals surface area contributed by atoms with E-state index in [1.54, 1.807) is 31.2 Å². The molecular formula is C19H18N4O3. The minimum atomic E-state index is -0.873. The second kappa shape index (κ2) is 7.26. The Morgan fingerprint density at radius 3 is 2.46 bits per heavy atom. The van der Waals surface area contributed by atoms with Gasteiger partial charge in [-0.15, -0.1) is 5.10 Å². The minimum Gasteiger partial charge on any atom is -0.451 e. The molecule has 3 rings (SSSR count). The summed E-state index contributed by atoms with van der Waals surface area (Å²) in [6, 6.07) is 12.2. The van der Waals surface area contributed by atoms with Crippen molar-refractivity contribution in [3.8, 4) is 5.69 Å². The summed E-state index contributed by atoms with van der Waals surface area (Å²) in [5, 5.41) is 10.9. The minimum absolute atomic E-state index is 0.218.